The Balaban J connectivity index is 1.96. The first-order valence-corrected chi connectivity index (χ1v) is 8.88. The molecule has 0 unspecified atom stereocenters. The Morgan fingerprint density at radius 1 is 1.55 bits per heavy atom. The van der Waals surface area contributed by atoms with Crippen LogP contribution in [0.4, 0.5) is 11.4 Å². The predicted octanol–water partition coefficient (Wildman–Crippen LogP) is 3.32. The van der Waals surface area contributed by atoms with E-state index in [9.17, 15) is 0 Å². The van der Waals surface area contributed by atoms with E-state index in [1.807, 2.05) is 12.4 Å². The van der Waals surface area contributed by atoms with Crippen LogP contribution >= 0.6 is 15.9 Å². The van der Waals surface area contributed by atoms with Gasteiger partial charge < -0.3 is 20.9 Å². The normalized spacial score (nSPS) is 18.3. The smallest absolute Gasteiger partial charge is 0.141 e. The van der Waals surface area contributed by atoms with Crippen LogP contribution in [0.1, 0.15) is 26.2 Å². The Labute approximate surface area is 139 Å². The van der Waals surface area contributed by atoms with Gasteiger partial charge in [-0.2, -0.15) is 0 Å². The van der Waals surface area contributed by atoms with E-state index in [0.29, 0.717) is 5.92 Å². The number of nitrogens with zero attached hydrogens (tertiary/aromatic N) is 2. The van der Waals surface area contributed by atoms with Crippen LogP contribution in [-0.2, 0) is 0 Å². The topological polar surface area (TPSA) is 70.0 Å². The molecule has 5 nitrogen and oxygen atoms in total. The summed E-state index contributed by atoms with van der Waals surface area (Å²) in [4.78, 5) is 10.2. The number of nitrogens with two attached hydrogens (primary N) is 1. The van der Waals surface area contributed by atoms with Crippen LogP contribution in [0.5, 0.6) is 0 Å². The first kappa shape index (κ1) is 15.6. The maximum Gasteiger partial charge on any atom is 0.141 e. The monoisotopic (exact) mass is 365 g/mol. The van der Waals surface area contributed by atoms with Crippen LogP contribution in [0, 0.1) is 5.92 Å². The molecule has 0 aromatic carbocycles. The third-order valence-corrected chi connectivity index (χ3v) is 4.99. The molecule has 1 fully saturated rings. The summed E-state index contributed by atoms with van der Waals surface area (Å²) in [7, 11) is 0. The summed E-state index contributed by atoms with van der Waals surface area (Å²) < 4.78 is 1.05. The Morgan fingerprint density at radius 3 is 3.14 bits per heavy atom. The third kappa shape index (κ3) is 2.94. The third-order valence-electron chi connectivity index (χ3n) is 4.41. The van der Waals surface area contributed by atoms with E-state index in [-0.39, 0.29) is 0 Å². The van der Waals surface area contributed by atoms with Gasteiger partial charge in [0.1, 0.15) is 5.65 Å². The molecule has 2 aromatic rings. The van der Waals surface area contributed by atoms with Gasteiger partial charge in [0, 0.05) is 32.0 Å². The highest BCUT2D eigenvalue weighted by molar-refractivity contribution is 9.10. The SMILES string of the molecule is CCCCNc1c[nH]c2ncc(Br)c(N3CC[C@H](CN)C3)c12. The van der Waals surface area contributed by atoms with Crippen molar-refractivity contribution in [2.45, 2.75) is 26.2 Å². The zero-order valence-corrected chi connectivity index (χ0v) is 14.6. The van der Waals surface area contributed by atoms with Crippen molar-refractivity contribution >= 4 is 38.3 Å². The number of halogens is 1. The summed E-state index contributed by atoms with van der Waals surface area (Å²) in [5.41, 5.74) is 9.16. The second-order valence-electron chi connectivity index (χ2n) is 6.00. The molecule has 2 aromatic heterocycles. The van der Waals surface area contributed by atoms with Crippen LogP contribution < -0.4 is 16.0 Å². The lowest BCUT2D eigenvalue weighted by molar-refractivity contribution is 0.603. The minimum atomic E-state index is 0.588. The van der Waals surface area contributed by atoms with E-state index < -0.39 is 0 Å². The van der Waals surface area contributed by atoms with E-state index in [4.69, 9.17) is 5.73 Å². The first-order valence-electron chi connectivity index (χ1n) is 8.09. The molecule has 0 bridgehead atoms. The van der Waals surface area contributed by atoms with Gasteiger partial charge in [-0.05, 0) is 41.2 Å². The molecule has 1 saturated heterocycles. The van der Waals surface area contributed by atoms with E-state index in [1.54, 1.807) is 0 Å². The summed E-state index contributed by atoms with van der Waals surface area (Å²) in [6.45, 7) is 6.03. The van der Waals surface area contributed by atoms with Crippen molar-refractivity contribution in [2.75, 3.05) is 36.4 Å². The Hall–Kier alpha value is -1.27. The maximum atomic E-state index is 5.85. The maximum absolute atomic E-state index is 5.85. The number of rotatable bonds is 6. The van der Waals surface area contributed by atoms with Gasteiger partial charge in [0.05, 0.1) is 21.2 Å². The molecule has 0 amide bonds. The highest BCUT2D eigenvalue weighted by Crippen LogP contribution is 2.39. The molecule has 6 heteroatoms. The van der Waals surface area contributed by atoms with Crippen molar-refractivity contribution in [2.24, 2.45) is 11.7 Å². The van der Waals surface area contributed by atoms with E-state index >= 15 is 0 Å². The molecule has 1 aliphatic rings. The van der Waals surface area contributed by atoms with Crippen molar-refractivity contribution in [1.29, 1.82) is 0 Å². The molecule has 4 N–H and O–H groups in total. The minimum absolute atomic E-state index is 0.588. The molecular formula is C16H24BrN5. The second-order valence-corrected chi connectivity index (χ2v) is 6.85. The molecule has 0 spiro atoms. The Kier molecular flexibility index (Phi) is 4.88. The van der Waals surface area contributed by atoms with Crippen molar-refractivity contribution in [3.8, 4) is 0 Å². The van der Waals surface area contributed by atoms with E-state index in [1.165, 1.54) is 23.9 Å². The second kappa shape index (κ2) is 6.87. The summed E-state index contributed by atoms with van der Waals surface area (Å²) in [5, 5.41) is 4.72. The number of H-pyrrole nitrogens is 1. The summed E-state index contributed by atoms with van der Waals surface area (Å²) in [6, 6.07) is 0. The molecule has 1 aliphatic heterocycles. The molecule has 0 aliphatic carbocycles. The van der Waals surface area contributed by atoms with E-state index in [2.05, 4.69) is 43.0 Å². The van der Waals surface area contributed by atoms with Gasteiger partial charge >= 0.3 is 0 Å². The summed E-state index contributed by atoms with van der Waals surface area (Å²) in [6.07, 6.45) is 7.44. The highest BCUT2D eigenvalue weighted by atomic mass is 79.9. The molecule has 0 saturated carbocycles. The van der Waals surface area contributed by atoms with Crippen LogP contribution in [0.3, 0.4) is 0 Å². The number of fused-ring (bicyclic) bond motifs is 1. The standard InChI is InChI=1S/C16H24BrN5/c1-2-3-5-19-13-9-21-16-14(13)15(12(17)8-20-16)22-6-4-11(7-18)10-22/h8-9,11,19H,2-7,10,18H2,1H3,(H,20,21)/t11-/m1/s1. The summed E-state index contributed by atoms with van der Waals surface area (Å²) >= 11 is 3.69. The van der Waals surface area contributed by atoms with E-state index in [0.717, 1.165) is 48.4 Å². The number of pyridine rings is 1. The highest BCUT2D eigenvalue weighted by Gasteiger charge is 2.26. The number of aromatic nitrogens is 2. The first-order chi connectivity index (χ1) is 10.7. The van der Waals surface area contributed by atoms with Crippen molar-refractivity contribution in [3.05, 3.63) is 16.9 Å². The fourth-order valence-corrected chi connectivity index (χ4v) is 3.68. The van der Waals surface area contributed by atoms with Gasteiger partial charge in [0.25, 0.3) is 0 Å². The fraction of sp³-hybridized carbons (Fsp3) is 0.562. The lowest BCUT2D eigenvalue weighted by Gasteiger charge is -2.22. The van der Waals surface area contributed by atoms with Crippen molar-refractivity contribution < 1.29 is 0 Å². The van der Waals surface area contributed by atoms with Gasteiger partial charge in [-0.3, -0.25) is 0 Å². The van der Waals surface area contributed by atoms with Gasteiger partial charge in [-0.15, -0.1) is 0 Å². The van der Waals surface area contributed by atoms with Crippen molar-refractivity contribution in [3.63, 3.8) is 0 Å². The van der Waals surface area contributed by atoms with Crippen LogP contribution in [0.25, 0.3) is 11.0 Å². The average molecular weight is 366 g/mol. The van der Waals surface area contributed by atoms with Crippen LogP contribution in [-0.4, -0.2) is 36.1 Å². The molecule has 3 rings (SSSR count). The Morgan fingerprint density at radius 2 is 2.41 bits per heavy atom. The lowest BCUT2D eigenvalue weighted by atomic mass is 10.1. The molecule has 3 heterocycles. The zero-order chi connectivity index (χ0) is 15.5. The fourth-order valence-electron chi connectivity index (χ4n) is 3.13. The molecule has 0 radical (unpaired) electrons. The molecule has 120 valence electrons. The van der Waals surface area contributed by atoms with Crippen LogP contribution in [0.15, 0.2) is 16.9 Å². The zero-order valence-electron chi connectivity index (χ0n) is 13.0. The van der Waals surface area contributed by atoms with Gasteiger partial charge in [0.2, 0.25) is 0 Å². The summed E-state index contributed by atoms with van der Waals surface area (Å²) in [5.74, 6) is 0.588. The number of unbranched alkanes of at least 4 members (excludes halogenated alkanes) is 1. The predicted molar refractivity (Wildman–Crippen MR) is 96.6 cm³/mol. The number of hydrogen-bond acceptors (Lipinski definition) is 4. The van der Waals surface area contributed by atoms with Gasteiger partial charge in [0.15, 0.2) is 0 Å². The van der Waals surface area contributed by atoms with Gasteiger partial charge in [-0.1, -0.05) is 13.3 Å². The number of aromatic amines is 1. The van der Waals surface area contributed by atoms with Gasteiger partial charge in [-0.25, -0.2) is 4.98 Å². The quantitative estimate of drug-likeness (QED) is 0.686. The number of nitrogens with one attached hydrogen (secondary N) is 2. The average Bonchev–Trinajstić information content (AvgIpc) is 3.15. The molecule has 1 atom stereocenters. The molecule has 22 heavy (non-hydrogen) atoms. The van der Waals surface area contributed by atoms with Crippen LogP contribution in [0.2, 0.25) is 0 Å². The Bertz CT molecular complexity index is 639. The lowest BCUT2D eigenvalue weighted by Crippen LogP contribution is -2.23. The number of hydrogen-bond donors (Lipinski definition) is 3. The molecular weight excluding hydrogens is 342 g/mol. The van der Waals surface area contributed by atoms with Crippen molar-refractivity contribution in [1.82, 2.24) is 9.97 Å². The minimum Gasteiger partial charge on any atom is -0.383 e. The largest absolute Gasteiger partial charge is 0.383 e. The number of anilines is 2.